The van der Waals surface area contributed by atoms with Crippen LogP contribution in [0.15, 0.2) is 30.4 Å². The van der Waals surface area contributed by atoms with E-state index in [-0.39, 0.29) is 11.3 Å². The summed E-state index contributed by atoms with van der Waals surface area (Å²) in [5.41, 5.74) is -0.417. The van der Waals surface area contributed by atoms with Crippen LogP contribution in [0.25, 0.3) is 11.3 Å². The van der Waals surface area contributed by atoms with Gasteiger partial charge in [0.15, 0.2) is 6.17 Å². The number of benzene rings is 1. The Morgan fingerprint density at radius 3 is 2.59 bits per heavy atom. The molecular formula is C16H20N+. The lowest BCUT2D eigenvalue weighted by Crippen LogP contribution is -2.31. The van der Waals surface area contributed by atoms with E-state index in [9.17, 15) is 0 Å². The lowest BCUT2D eigenvalue weighted by Gasteiger charge is -2.07. The molecule has 1 aromatic carbocycles. The van der Waals surface area contributed by atoms with Gasteiger partial charge in [-0.05, 0) is 44.7 Å². The third-order valence-electron chi connectivity index (χ3n) is 2.59. The van der Waals surface area contributed by atoms with Gasteiger partial charge >= 0.3 is 0 Å². The number of aromatic nitrogens is 1. The maximum Gasteiger partial charge on any atom is 0.212 e. The lowest BCUT2D eigenvalue weighted by molar-refractivity contribution is -0.660. The van der Waals surface area contributed by atoms with Gasteiger partial charge in [0.25, 0.3) is 0 Å². The number of rotatable bonds is 1. The first-order valence-electron chi connectivity index (χ1n) is 10.6. The fourth-order valence-corrected chi connectivity index (χ4v) is 1.72. The lowest BCUT2D eigenvalue weighted by atomic mass is 10.0. The Kier molecular flexibility index (Phi) is 1.08. The van der Waals surface area contributed by atoms with Gasteiger partial charge in [0, 0.05) is 29.5 Å². The Labute approximate surface area is 119 Å². The monoisotopic (exact) mass is 237 g/mol. The van der Waals surface area contributed by atoms with Gasteiger partial charge in [-0.1, -0.05) is 17.7 Å². The number of nitrogens with zero attached hydrogens (tertiary/aromatic N) is 1. The molecular weight excluding hydrogens is 206 g/mol. The Hall–Kier alpha value is -1.63. The summed E-state index contributed by atoms with van der Waals surface area (Å²) in [6.45, 7) is -6.51. The third kappa shape index (κ3) is 2.23. The van der Waals surface area contributed by atoms with Gasteiger partial charge in [-0.25, -0.2) is 4.57 Å². The van der Waals surface area contributed by atoms with Crippen molar-refractivity contribution >= 4 is 0 Å². The zero-order valence-corrected chi connectivity index (χ0v) is 9.68. The van der Waals surface area contributed by atoms with E-state index in [1.165, 1.54) is 25.2 Å². The first-order chi connectivity index (χ1) is 12.5. The Bertz CT molecular complexity index is 920. The summed E-state index contributed by atoms with van der Waals surface area (Å²) in [6, 6.07) is 3.69. The zero-order chi connectivity index (χ0) is 21.8. The van der Waals surface area contributed by atoms with E-state index in [0.717, 1.165) is 4.57 Å². The van der Waals surface area contributed by atoms with Crippen molar-refractivity contribution in [2.45, 2.75) is 27.5 Å². The van der Waals surface area contributed by atoms with E-state index in [4.69, 9.17) is 15.1 Å². The molecule has 0 bridgehead atoms. The highest BCUT2D eigenvalue weighted by Gasteiger charge is 2.13. The molecule has 0 aliphatic heterocycles. The van der Waals surface area contributed by atoms with Gasteiger partial charge in [-0.2, -0.15) is 0 Å². The molecule has 0 saturated carbocycles. The largest absolute Gasteiger partial charge is 0.212 e. The van der Waals surface area contributed by atoms with Gasteiger partial charge in [0.2, 0.25) is 5.69 Å². The number of hydrogen-bond donors (Lipinski definition) is 0. The van der Waals surface area contributed by atoms with Crippen LogP contribution in [0, 0.1) is 27.5 Å². The minimum Gasteiger partial charge on any atom is -0.201 e. The van der Waals surface area contributed by atoms with Crippen molar-refractivity contribution in [1.82, 2.24) is 0 Å². The molecule has 1 heteroatoms. The first kappa shape index (κ1) is 4.24. The van der Waals surface area contributed by atoms with E-state index in [1.807, 2.05) is 0 Å². The number of pyridine rings is 1. The Balaban J connectivity index is 2.94. The molecule has 0 N–H and O–H groups in total. The molecule has 1 heterocycles. The van der Waals surface area contributed by atoms with Gasteiger partial charge in [-0.3, -0.25) is 0 Å². The summed E-state index contributed by atoms with van der Waals surface area (Å²) in [6.07, 6.45) is -0.531. The van der Waals surface area contributed by atoms with Crippen LogP contribution >= 0.6 is 0 Å². The molecule has 0 unspecified atom stereocenters. The average Bonchev–Trinajstić information content (AvgIpc) is 2.48. The normalized spacial score (nSPS) is 22.4. The molecule has 88 valence electrons. The van der Waals surface area contributed by atoms with E-state index < -0.39 is 43.9 Å². The number of hydrogen-bond acceptors (Lipinski definition) is 0. The Morgan fingerprint density at radius 1 is 1.12 bits per heavy atom. The van der Waals surface area contributed by atoms with Crippen LogP contribution in [0.2, 0.25) is 0 Å². The maximum absolute atomic E-state index is 8.45. The zero-order valence-electron chi connectivity index (χ0n) is 20.7. The summed E-state index contributed by atoms with van der Waals surface area (Å²) in [7, 11) is 1.38. The molecule has 2 rings (SSSR count). The molecule has 17 heavy (non-hydrogen) atoms. The second kappa shape index (κ2) is 4.33. The summed E-state index contributed by atoms with van der Waals surface area (Å²) < 4.78 is 86.5. The second-order valence-corrected chi connectivity index (χ2v) is 3.92. The van der Waals surface area contributed by atoms with Crippen molar-refractivity contribution in [2.24, 2.45) is 7.05 Å². The quantitative estimate of drug-likeness (QED) is 0.669. The molecule has 1 nitrogen and oxygen atoms in total. The topological polar surface area (TPSA) is 3.88 Å². The van der Waals surface area contributed by atoms with Crippen LogP contribution in [0.1, 0.15) is 37.3 Å². The molecule has 0 aliphatic rings. The Morgan fingerprint density at radius 2 is 1.94 bits per heavy atom. The molecule has 0 atom stereocenters. The molecule has 0 saturated heterocycles. The van der Waals surface area contributed by atoms with E-state index >= 15 is 0 Å². The molecule has 2 aromatic rings. The van der Waals surface area contributed by atoms with Crippen LogP contribution in [-0.4, -0.2) is 0 Å². The summed E-state index contributed by atoms with van der Waals surface area (Å²) in [5, 5.41) is 0. The molecule has 0 radical (unpaired) electrons. The predicted molar refractivity (Wildman–Crippen MR) is 72.0 cm³/mol. The van der Waals surface area contributed by atoms with E-state index in [1.54, 1.807) is 6.92 Å². The van der Waals surface area contributed by atoms with Crippen molar-refractivity contribution in [3.05, 3.63) is 52.7 Å². The van der Waals surface area contributed by atoms with Crippen LogP contribution < -0.4 is 4.57 Å². The highest BCUT2D eigenvalue weighted by atomic mass is 14.9. The standard InChI is InChI=1S/C16H20N/c1-11-6-7-15(13(3)8-11)16-9-12(2)14(4)10-17(16)5/h6-10H,1-5H3/q+1/i1D3,2D3,4D3,9D,10D. The minimum absolute atomic E-state index is 0.0405. The number of aryl methyl sites for hydroxylation is 2. The molecule has 0 aliphatic carbocycles. The molecule has 0 spiro atoms. The van der Waals surface area contributed by atoms with E-state index in [0.29, 0.717) is 11.1 Å². The summed E-state index contributed by atoms with van der Waals surface area (Å²) >= 11 is 0. The van der Waals surface area contributed by atoms with Crippen molar-refractivity contribution in [1.29, 1.82) is 0 Å². The highest BCUT2D eigenvalue weighted by molar-refractivity contribution is 5.62. The fourth-order valence-electron chi connectivity index (χ4n) is 1.72. The SMILES string of the molecule is [2H]c1c(C([2H])([2H])[2H])c(C([2H])([2H])[2H])c([2H])[n+](C)c1-c1ccc(C([2H])([2H])[2H])cc1C. The minimum atomic E-state index is -2.91. The van der Waals surface area contributed by atoms with Crippen LogP contribution in [0.4, 0.5) is 0 Å². The van der Waals surface area contributed by atoms with Crippen LogP contribution in [-0.2, 0) is 7.05 Å². The highest BCUT2D eigenvalue weighted by Crippen LogP contribution is 2.22. The van der Waals surface area contributed by atoms with Crippen molar-refractivity contribution < 1.29 is 19.6 Å². The summed E-state index contributed by atoms with van der Waals surface area (Å²) in [5.74, 6) is 0. The van der Waals surface area contributed by atoms with Gasteiger partial charge in [0.1, 0.15) is 8.42 Å². The first-order valence-corrected chi connectivity index (χ1v) is 5.13. The molecule has 0 amide bonds. The van der Waals surface area contributed by atoms with Crippen LogP contribution in [0.5, 0.6) is 0 Å². The molecule has 1 aromatic heterocycles. The predicted octanol–water partition coefficient (Wildman–Crippen LogP) is 3.41. The maximum atomic E-state index is 8.45. The smallest absolute Gasteiger partial charge is 0.201 e. The third-order valence-corrected chi connectivity index (χ3v) is 2.59. The summed E-state index contributed by atoms with van der Waals surface area (Å²) in [4.78, 5) is 0. The average molecular weight is 237 g/mol. The van der Waals surface area contributed by atoms with Crippen molar-refractivity contribution in [3.8, 4) is 11.3 Å². The molecule has 0 fully saturated rings. The van der Waals surface area contributed by atoms with Crippen LogP contribution in [0.3, 0.4) is 0 Å². The fraction of sp³-hybridized carbons (Fsp3) is 0.312. The second-order valence-electron chi connectivity index (χ2n) is 3.92. The van der Waals surface area contributed by atoms with Gasteiger partial charge < -0.3 is 0 Å². The van der Waals surface area contributed by atoms with Gasteiger partial charge in [0.05, 0.1) is 1.37 Å². The van der Waals surface area contributed by atoms with Crippen molar-refractivity contribution in [3.63, 3.8) is 0 Å². The van der Waals surface area contributed by atoms with Crippen molar-refractivity contribution in [2.75, 3.05) is 0 Å². The van der Waals surface area contributed by atoms with E-state index in [2.05, 4.69) is 0 Å². The van der Waals surface area contributed by atoms with Gasteiger partial charge in [-0.15, -0.1) is 0 Å².